The van der Waals surface area contributed by atoms with Crippen LogP contribution in [0.5, 0.6) is 0 Å². The second-order valence-corrected chi connectivity index (χ2v) is 8.72. The maximum atomic E-state index is 11.7. The van der Waals surface area contributed by atoms with Gasteiger partial charge in [0.25, 0.3) is 0 Å². The first-order valence-electron chi connectivity index (χ1n) is 11.1. The molecule has 168 valence electrons. The van der Waals surface area contributed by atoms with E-state index in [0.29, 0.717) is 19.1 Å². The van der Waals surface area contributed by atoms with Crippen molar-refractivity contribution >= 4 is 12.1 Å². The Morgan fingerprint density at radius 2 is 1.87 bits per heavy atom. The molecule has 2 rings (SSSR count). The molecule has 3 N–H and O–H groups in total. The van der Waals surface area contributed by atoms with Gasteiger partial charge in [0.15, 0.2) is 5.96 Å². The number of guanidine groups is 1. The molecule has 1 aliphatic rings. The van der Waals surface area contributed by atoms with Crippen LogP contribution >= 0.6 is 0 Å². The van der Waals surface area contributed by atoms with Gasteiger partial charge in [0.1, 0.15) is 5.60 Å². The Morgan fingerprint density at radius 1 is 1.17 bits per heavy atom. The molecule has 1 aromatic carbocycles. The van der Waals surface area contributed by atoms with Gasteiger partial charge < -0.3 is 20.7 Å². The van der Waals surface area contributed by atoms with E-state index >= 15 is 0 Å². The molecule has 1 amide bonds. The molecule has 1 fully saturated rings. The van der Waals surface area contributed by atoms with Crippen LogP contribution in [0.15, 0.2) is 35.3 Å². The van der Waals surface area contributed by atoms with Crippen molar-refractivity contribution in [2.24, 2.45) is 4.99 Å². The second-order valence-electron chi connectivity index (χ2n) is 8.72. The monoisotopic (exact) mass is 417 g/mol. The number of amides is 1. The van der Waals surface area contributed by atoms with Crippen LogP contribution in [0.3, 0.4) is 0 Å². The molecule has 0 saturated carbocycles. The number of aliphatic imine (C=N–C) groups is 1. The number of carbonyl (C=O) groups excluding carboxylic acids is 1. The summed E-state index contributed by atoms with van der Waals surface area (Å²) in [5, 5.41) is 9.67. The lowest BCUT2D eigenvalue weighted by Crippen LogP contribution is -2.48. The Labute approximate surface area is 181 Å². The van der Waals surface area contributed by atoms with Gasteiger partial charge in [0.05, 0.1) is 0 Å². The quantitative estimate of drug-likeness (QED) is 0.344. The van der Waals surface area contributed by atoms with Gasteiger partial charge in [-0.05, 0) is 52.5 Å². The molecule has 1 aliphatic heterocycles. The maximum absolute atomic E-state index is 11.7. The third-order valence-corrected chi connectivity index (χ3v) is 4.79. The fourth-order valence-electron chi connectivity index (χ4n) is 3.36. The first-order chi connectivity index (χ1) is 14.4. The van der Waals surface area contributed by atoms with Gasteiger partial charge in [0.2, 0.25) is 0 Å². The van der Waals surface area contributed by atoms with Crippen molar-refractivity contribution in [3.63, 3.8) is 0 Å². The summed E-state index contributed by atoms with van der Waals surface area (Å²) in [6, 6.07) is 11.1. The molecule has 1 aromatic rings. The molecular weight excluding hydrogens is 378 g/mol. The standard InChI is InChI=1S/C23H39N5O2/c1-5-24-21(25-14-9-15-26-22(29)30-23(2,3)4)27-20-12-16-28(17-13-20)18-19-10-7-6-8-11-19/h6-8,10-11,20H,5,9,12-18H2,1-4H3,(H,26,29)(H2,24,25,27). The minimum Gasteiger partial charge on any atom is -0.444 e. The summed E-state index contributed by atoms with van der Waals surface area (Å²) in [6.07, 6.45) is 2.61. The van der Waals surface area contributed by atoms with Gasteiger partial charge in [-0.1, -0.05) is 30.3 Å². The van der Waals surface area contributed by atoms with Crippen LogP contribution in [0.2, 0.25) is 0 Å². The van der Waals surface area contributed by atoms with E-state index in [1.807, 2.05) is 20.8 Å². The highest BCUT2D eigenvalue weighted by atomic mass is 16.6. The van der Waals surface area contributed by atoms with Gasteiger partial charge in [-0.3, -0.25) is 9.89 Å². The van der Waals surface area contributed by atoms with Crippen LogP contribution < -0.4 is 16.0 Å². The molecule has 0 aliphatic carbocycles. The van der Waals surface area contributed by atoms with Crippen LogP contribution in [0.25, 0.3) is 0 Å². The molecule has 7 heteroatoms. The average Bonchev–Trinajstić information content (AvgIpc) is 2.69. The SMILES string of the molecule is CCNC(=NCCCNC(=O)OC(C)(C)C)NC1CCN(Cc2ccccc2)CC1. The highest BCUT2D eigenvalue weighted by Gasteiger charge is 2.20. The fraction of sp³-hybridized carbons (Fsp3) is 0.652. The van der Waals surface area contributed by atoms with E-state index < -0.39 is 5.60 Å². The fourth-order valence-corrected chi connectivity index (χ4v) is 3.36. The Morgan fingerprint density at radius 3 is 2.50 bits per heavy atom. The third kappa shape index (κ3) is 9.96. The largest absolute Gasteiger partial charge is 0.444 e. The lowest BCUT2D eigenvalue weighted by Gasteiger charge is -2.33. The topological polar surface area (TPSA) is 78.0 Å². The lowest BCUT2D eigenvalue weighted by atomic mass is 10.0. The van der Waals surface area contributed by atoms with Gasteiger partial charge in [-0.15, -0.1) is 0 Å². The predicted octanol–water partition coefficient (Wildman–Crippen LogP) is 3.12. The predicted molar refractivity (Wildman–Crippen MR) is 123 cm³/mol. The molecule has 30 heavy (non-hydrogen) atoms. The highest BCUT2D eigenvalue weighted by Crippen LogP contribution is 2.13. The summed E-state index contributed by atoms with van der Waals surface area (Å²) in [5.41, 5.74) is 0.903. The summed E-state index contributed by atoms with van der Waals surface area (Å²) in [6.45, 7) is 12.9. The zero-order valence-electron chi connectivity index (χ0n) is 19.0. The summed E-state index contributed by atoms with van der Waals surface area (Å²) in [5.74, 6) is 0.858. The van der Waals surface area contributed by atoms with Gasteiger partial charge in [-0.25, -0.2) is 4.79 Å². The molecule has 0 spiro atoms. The van der Waals surface area contributed by atoms with E-state index in [1.165, 1.54) is 5.56 Å². The highest BCUT2D eigenvalue weighted by molar-refractivity contribution is 5.80. The van der Waals surface area contributed by atoms with E-state index in [-0.39, 0.29) is 6.09 Å². The maximum Gasteiger partial charge on any atom is 0.407 e. The van der Waals surface area contributed by atoms with Crippen molar-refractivity contribution in [2.45, 2.75) is 65.1 Å². The summed E-state index contributed by atoms with van der Waals surface area (Å²) in [7, 11) is 0. The van der Waals surface area contributed by atoms with Crippen LogP contribution in [0, 0.1) is 0 Å². The Bertz CT molecular complexity index is 649. The number of benzene rings is 1. The van der Waals surface area contributed by atoms with Crippen molar-refractivity contribution in [2.75, 3.05) is 32.7 Å². The Balaban J connectivity index is 1.67. The Hall–Kier alpha value is -2.28. The number of rotatable bonds is 8. The van der Waals surface area contributed by atoms with Gasteiger partial charge in [-0.2, -0.15) is 0 Å². The zero-order valence-corrected chi connectivity index (χ0v) is 19.0. The number of hydrogen-bond donors (Lipinski definition) is 3. The molecule has 1 saturated heterocycles. The summed E-state index contributed by atoms with van der Waals surface area (Å²) in [4.78, 5) is 18.8. The van der Waals surface area contributed by atoms with E-state index in [0.717, 1.165) is 51.4 Å². The number of hydrogen-bond acceptors (Lipinski definition) is 4. The van der Waals surface area contributed by atoms with Crippen LogP contribution in [-0.4, -0.2) is 61.3 Å². The number of ether oxygens (including phenoxy) is 1. The van der Waals surface area contributed by atoms with Crippen LogP contribution in [0.1, 0.15) is 52.5 Å². The number of carbonyl (C=O) groups is 1. The second kappa shape index (κ2) is 12.4. The molecule has 0 atom stereocenters. The number of likely N-dealkylation sites (tertiary alicyclic amines) is 1. The van der Waals surface area contributed by atoms with Crippen molar-refractivity contribution in [1.29, 1.82) is 0 Å². The van der Waals surface area contributed by atoms with Gasteiger partial charge in [0, 0.05) is 45.3 Å². The van der Waals surface area contributed by atoms with Crippen molar-refractivity contribution in [3.05, 3.63) is 35.9 Å². The van der Waals surface area contributed by atoms with E-state index in [9.17, 15) is 4.79 Å². The van der Waals surface area contributed by atoms with E-state index in [2.05, 4.69) is 63.1 Å². The van der Waals surface area contributed by atoms with Gasteiger partial charge >= 0.3 is 6.09 Å². The smallest absolute Gasteiger partial charge is 0.407 e. The number of piperidine rings is 1. The minimum absolute atomic E-state index is 0.376. The minimum atomic E-state index is -0.471. The first-order valence-corrected chi connectivity index (χ1v) is 11.1. The summed E-state index contributed by atoms with van der Waals surface area (Å²) < 4.78 is 5.24. The molecule has 1 heterocycles. The van der Waals surface area contributed by atoms with Crippen LogP contribution in [-0.2, 0) is 11.3 Å². The lowest BCUT2D eigenvalue weighted by molar-refractivity contribution is 0.0527. The third-order valence-electron chi connectivity index (χ3n) is 4.79. The number of nitrogens with zero attached hydrogens (tertiary/aromatic N) is 2. The molecule has 0 bridgehead atoms. The summed E-state index contributed by atoms with van der Waals surface area (Å²) >= 11 is 0. The number of nitrogens with one attached hydrogen (secondary N) is 3. The van der Waals surface area contributed by atoms with Crippen molar-refractivity contribution in [1.82, 2.24) is 20.9 Å². The van der Waals surface area contributed by atoms with Crippen molar-refractivity contribution < 1.29 is 9.53 Å². The first kappa shape index (κ1) is 24.0. The van der Waals surface area contributed by atoms with E-state index in [1.54, 1.807) is 0 Å². The average molecular weight is 418 g/mol. The Kier molecular flexibility index (Phi) is 9.94. The molecule has 0 aromatic heterocycles. The molecule has 0 unspecified atom stereocenters. The molecular formula is C23H39N5O2. The van der Waals surface area contributed by atoms with E-state index in [4.69, 9.17) is 4.74 Å². The van der Waals surface area contributed by atoms with Crippen molar-refractivity contribution in [3.8, 4) is 0 Å². The zero-order chi connectivity index (χ0) is 21.8. The van der Waals surface area contributed by atoms with Crippen LogP contribution in [0.4, 0.5) is 4.79 Å². The number of alkyl carbamates (subject to hydrolysis) is 1. The molecule has 7 nitrogen and oxygen atoms in total. The normalized spacial score (nSPS) is 16.2. The molecule has 0 radical (unpaired) electrons.